The van der Waals surface area contributed by atoms with Crippen LogP contribution in [0.1, 0.15) is 42.0 Å². The summed E-state index contributed by atoms with van der Waals surface area (Å²) in [6, 6.07) is 4.57. The van der Waals surface area contributed by atoms with Crippen molar-refractivity contribution in [2.75, 3.05) is 0 Å². The number of rotatable bonds is 4. The normalized spacial score (nSPS) is 12.2. The van der Waals surface area contributed by atoms with E-state index in [-0.39, 0.29) is 18.4 Å². The lowest BCUT2D eigenvalue weighted by molar-refractivity contribution is 0.611. The minimum absolute atomic E-state index is 0. The minimum Gasteiger partial charge on any atom is -0.323 e. The minimum atomic E-state index is 0. The summed E-state index contributed by atoms with van der Waals surface area (Å²) in [5.41, 5.74) is 6.00. The SMILES string of the molecule is CCCCC(N)c1ccc(C)s1.Cl. The largest absolute Gasteiger partial charge is 0.323 e. The lowest BCUT2D eigenvalue weighted by Gasteiger charge is -2.07. The fourth-order valence-electron chi connectivity index (χ4n) is 1.22. The van der Waals surface area contributed by atoms with Crippen LogP contribution in [0, 0.1) is 6.92 Å². The van der Waals surface area contributed by atoms with Crippen LogP contribution in [0.25, 0.3) is 0 Å². The zero-order valence-corrected chi connectivity index (χ0v) is 9.88. The maximum Gasteiger partial charge on any atom is 0.0389 e. The van der Waals surface area contributed by atoms with Crippen molar-refractivity contribution in [3.63, 3.8) is 0 Å². The number of aryl methyl sites for hydroxylation is 1. The Morgan fingerprint density at radius 2 is 2.15 bits per heavy atom. The van der Waals surface area contributed by atoms with Gasteiger partial charge in [-0.1, -0.05) is 19.8 Å². The van der Waals surface area contributed by atoms with Gasteiger partial charge in [-0.3, -0.25) is 0 Å². The van der Waals surface area contributed by atoms with Gasteiger partial charge in [0.1, 0.15) is 0 Å². The van der Waals surface area contributed by atoms with Crippen LogP contribution < -0.4 is 5.73 Å². The average Bonchev–Trinajstić information content (AvgIpc) is 2.47. The van der Waals surface area contributed by atoms with Crippen molar-refractivity contribution >= 4 is 23.7 Å². The molecule has 1 unspecified atom stereocenters. The van der Waals surface area contributed by atoms with Gasteiger partial charge in [-0.15, -0.1) is 23.7 Å². The smallest absolute Gasteiger partial charge is 0.0389 e. The van der Waals surface area contributed by atoms with Crippen LogP contribution in [0.4, 0.5) is 0 Å². The molecule has 0 radical (unpaired) electrons. The first-order chi connectivity index (χ1) is 5.74. The molecule has 0 aliphatic carbocycles. The van der Waals surface area contributed by atoms with Crippen LogP contribution in [0.5, 0.6) is 0 Å². The van der Waals surface area contributed by atoms with Gasteiger partial charge >= 0.3 is 0 Å². The molecule has 13 heavy (non-hydrogen) atoms. The quantitative estimate of drug-likeness (QED) is 0.822. The Bertz CT molecular complexity index is 235. The Kier molecular flexibility index (Phi) is 6.39. The van der Waals surface area contributed by atoms with Crippen LogP contribution in [0.2, 0.25) is 0 Å². The van der Waals surface area contributed by atoms with Gasteiger partial charge in [0, 0.05) is 15.8 Å². The first-order valence-electron chi connectivity index (χ1n) is 4.56. The second-order valence-corrected chi connectivity index (χ2v) is 4.52. The van der Waals surface area contributed by atoms with Gasteiger partial charge in [-0.25, -0.2) is 0 Å². The van der Waals surface area contributed by atoms with E-state index in [1.54, 1.807) is 0 Å². The highest BCUT2D eigenvalue weighted by molar-refractivity contribution is 7.12. The molecule has 0 amide bonds. The van der Waals surface area contributed by atoms with Gasteiger partial charge in [0.2, 0.25) is 0 Å². The maximum absolute atomic E-state index is 6.00. The van der Waals surface area contributed by atoms with Crippen LogP contribution in [-0.4, -0.2) is 0 Å². The lowest BCUT2D eigenvalue weighted by Crippen LogP contribution is -2.07. The fraction of sp³-hybridized carbons (Fsp3) is 0.600. The van der Waals surface area contributed by atoms with Gasteiger partial charge in [0.05, 0.1) is 0 Å². The van der Waals surface area contributed by atoms with E-state index in [0.717, 1.165) is 6.42 Å². The Balaban J connectivity index is 0.00000144. The lowest BCUT2D eigenvalue weighted by atomic mass is 10.1. The third-order valence-corrected chi connectivity index (χ3v) is 3.13. The second-order valence-electron chi connectivity index (χ2n) is 3.20. The van der Waals surface area contributed by atoms with E-state index in [1.807, 2.05) is 11.3 Å². The number of hydrogen-bond donors (Lipinski definition) is 1. The molecule has 1 heterocycles. The third kappa shape index (κ3) is 4.12. The molecule has 1 atom stereocenters. The molecule has 76 valence electrons. The molecule has 1 nitrogen and oxygen atoms in total. The summed E-state index contributed by atoms with van der Waals surface area (Å²) in [6.45, 7) is 4.33. The van der Waals surface area contributed by atoms with Crippen molar-refractivity contribution in [3.8, 4) is 0 Å². The first kappa shape index (κ1) is 12.9. The molecule has 1 rings (SSSR count). The molecule has 0 aliphatic rings. The van der Waals surface area contributed by atoms with Crippen LogP contribution >= 0.6 is 23.7 Å². The van der Waals surface area contributed by atoms with Gasteiger partial charge in [-0.2, -0.15) is 0 Å². The van der Waals surface area contributed by atoms with Crippen LogP contribution in [0.15, 0.2) is 12.1 Å². The number of nitrogens with two attached hydrogens (primary N) is 1. The van der Waals surface area contributed by atoms with Crippen molar-refractivity contribution in [2.45, 2.75) is 39.2 Å². The topological polar surface area (TPSA) is 26.0 Å². The number of halogens is 1. The zero-order valence-electron chi connectivity index (χ0n) is 8.25. The molecule has 0 fully saturated rings. The van der Waals surface area contributed by atoms with Crippen LogP contribution in [-0.2, 0) is 0 Å². The van der Waals surface area contributed by atoms with E-state index in [4.69, 9.17) is 5.73 Å². The highest BCUT2D eigenvalue weighted by atomic mass is 35.5. The summed E-state index contributed by atoms with van der Waals surface area (Å²) in [7, 11) is 0. The maximum atomic E-state index is 6.00. The Labute approximate surface area is 90.8 Å². The summed E-state index contributed by atoms with van der Waals surface area (Å²) in [6.07, 6.45) is 3.59. The van der Waals surface area contributed by atoms with E-state index in [1.165, 1.54) is 22.6 Å². The molecule has 1 aromatic rings. The van der Waals surface area contributed by atoms with Crippen molar-refractivity contribution in [3.05, 3.63) is 21.9 Å². The number of hydrogen-bond acceptors (Lipinski definition) is 2. The summed E-state index contributed by atoms with van der Waals surface area (Å²) in [4.78, 5) is 2.69. The molecule has 0 saturated carbocycles. The van der Waals surface area contributed by atoms with Gasteiger partial charge in [-0.05, 0) is 25.5 Å². The molecule has 0 aliphatic heterocycles. The second kappa shape index (κ2) is 6.41. The highest BCUT2D eigenvalue weighted by Gasteiger charge is 2.06. The van der Waals surface area contributed by atoms with E-state index in [0.29, 0.717) is 0 Å². The van der Waals surface area contributed by atoms with E-state index in [9.17, 15) is 0 Å². The van der Waals surface area contributed by atoms with Crippen LogP contribution in [0.3, 0.4) is 0 Å². The molecule has 0 aromatic carbocycles. The van der Waals surface area contributed by atoms with Crippen molar-refractivity contribution in [1.29, 1.82) is 0 Å². The van der Waals surface area contributed by atoms with E-state index >= 15 is 0 Å². The molecule has 0 saturated heterocycles. The number of unbranched alkanes of at least 4 members (excludes halogenated alkanes) is 1. The van der Waals surface area contributed by atoms with Crippen molar-refractivity contribution in [2.24, 2.45) is 5.73 Å². The summed E-state index contributed by atoms with van der Waals surface area (Å²) in [5, 5.41) is 0. The molecular formula is C10H18ClNS. The average molecular weight is 220 g/mol. The van der Waals surface area contributed by atoms with Crippen molar-refractivity contribution < 1.29 is 0 Å². The molecule has 0 spiro atoms. The molecule has 0 bridgehead atoms. The highest BCUT2D eigenvalue weighted by Crippen LogP contribution is 2.24. The Morgan fingerprint density at radius 1 is 1.46 bits per heavy atom. The first-order valence-corrected chi connectivity index (χ1v) is 5.37. The predicted octanol–water partition coefficient (Wildman–Crippen LogP) is 3.67. The van der Waals surface area contributed by atoms with Crippen molar-refractivity contribution in [1.82, 2.24) is 0 Å². The number of thiophene rings is 1. The molecular weight excluding hydrogens is 202 g/mol. The zero-order chi connectivity index (χ0) is 8.97. The molecule has 3 heteroatoms. The molecule has 2 N–H and O–H groups in total. The van der Waals surface area contributed by atoms with E-state index < -0.39 is 0 Å². The predicted molar refractivity (Wildman–Crippen MR) is 62.8 cm³/mol. The summed E-state index contributed by atoms with van der Waals surface area (Å²) in [5.74, 6) is 0. The Morgan fingerprint density at radius 3 is 2.62 bits per heavy atom. The standard InChI is InChI=1S/C10H17NS.ClH/c1-3-4-5-9(11)10-7-6-8(2)12-10;/h6-7,9H,3-5,11H2,1-2H3;1H. The van der Waals surface area contributed by atoms with E-state index in [2.05, 4.69) is 26.0 Å². The van der Waals surface area contributed by atoms with Gasteiger partial charge in [0.15, 0.2) is 0 Å². The monoisotopic (exact) mass is 219 g/mol. The summed E-state index contributed by atoms with van der Waals surface area (Å²) < 4.78 is 0. The fourth-order valence-corrected chi connectivity index (χ4v) is 2.13. The third-order valence-electron chi connectivity index (χ3n) is 2.00. The Hall–Kier alpha value is -0.0500. The molecule has 1 aromatic heterocycles. The summed E-state index contributed by atoms with van der Waals surface area (Å²) >= 11 is 1.82. The van der Waals surface area contributed by atoms with Gasteiger partial charge < -0.3 is 5.73 Å². The van der Waals surface area contributed by atoms with Gasteiger partial charge in [0.25, 0.3) is 0 Å².